The molecule has 2 heterocycles. The summed E-state index contributed by atoms with van der Waals surface area (Å²) in [7, 11) is 0. The van der Waals surface area contributed by atoms with E-state index in [4.69, 9.17) is 0 Å². The first-order chi connectivity index (χ1) is 11.7. The van der Waals surface area contributed by atoms with Crippen molar-refractivity contribution in [3.8, 4) is 10.7 Å². The van der Waals surface area contributed by atoms with E-state index in [0.29, 0.717) is 5.69 Å². The van der Waals surface area contributed by atoms with E-state index in [2.05, 4.69) is 21.4 Å². The summed E-state index contributed by atoms with van der Waals surface area (Å²) >= 11 is 1.46. The van der Waals surface area contributed by atoms with Gasteiger partial charge in [0, 0.05) is 22.0 Å². The molecule has 1 amide bonds. The molecule has 0 unspecified atom stereocenters. The van der Waals surface area contributed by atoms with Gasteiger partial charge in [-0.15, -0.1) is 11.3 Å². The molecule has 4 aromatic rings. The number of anilines is 1. The van der Waals surface area contributed by atoms with Crippen LogP contribution in [0.3, 0.4) is 0 Å². The number of benzene rings is 2. The minimum Gasteiger partial charge on any atom is -0.353 e. The predicted molar refractivity (Wildman–Crippen MR) is 98.5 cm³/mol. The number of aromatic amines is 1. The number of carbonyl (C=O) groups is 1. The summed E-state index contributed by atoms with van der Waals surface area (Å²) in [5.41, 5.74) is 4.34. The SMILES string of the molecule is Cc1ccc(NC(=O)c2csc(-c3cc4ccccc4[nH]3)n2)cc1. The first-order valence-corrected chi connectivity index (χ1v) is 8.49. The topological polar surface area (TPSA) is 57.8 Å². The minimum absolute atomic E-state index is 0.197. The molecule has 0 aliphatic rings. The number of hydrogen-bond donors (Lipinski definition) is 2. The normalized spacial score (nSPS) is 10.9. The van der Waals surface area contributed by atoms with E-state index >= 15 is 0 Å². The molecule has 4 rings (SSSR count). The fourth-order valence-corrected chi connectivity index (χ4v) is 3.29. The molecule has 2 aromatic carbocycles. The molecule has 0 spiro atoms. The lowest BCUT2D eigenvalue weighted by Crippen LogP contribution is -2.12. The lowest BCUT2D eigenvalue weighted by Gasteiger charge is -2.03. The number of rotatable bonds is 3. The first kappa shape index (κ1) is 14.7. The number of hydrogen-bond acceptors (Lipinski definition) is 3. The highest BCUT2D eigenvalue weighted by molar-refractivity contribution is 7.13. The molecular formula is C19H15N3OS. The summed E-state index contributed by atoms with van der Waals surface area (Å²) in [4.78, 5) is 20.1. The van der Waals surface area contributed by atoms with Gasteiger partial charge in [-0.05, 0) is 31.2 Å². The molecule has 5 heteroatoms. The average molecular weight is 333 g/mol. The number of para-hydroxylation sites is 1. The Kier molecular flexibility index (Phi) is 3.63. The second-order valence-electron chi connectivity index (χ2n) is 5.63. The Morgan fingerprint density at radius 3 is 2.71 bits per heavy atom. The summed E-state index contributed by atoms with van der Waals surface area (Å²) in [6, 6.07) is 17.8. The number of fused-ring (bicyclic) bond motifs is 1. The molecule has 0 aliphatic carbocycles. The third kappa shape index (κ3) is 2.81. The molecule has 118 valence electrons. The third-order valence-corrected chi connectivity index (χ3v) is 4.68. The van der Waals surface area contributed by atoms with E-state index in [1.165, 1.54) is 11.3 Å². The molecule has 0 radical (unpaired) electrons. The van der Waals surface area contributed by atoms with Gasteiger partial charge in [-0.2, -0.15) is 0 Å². The smallest absolute Gasteiger partial charge is 0.275 e. The van der Waals surface area contributed by atoms with E-state index in [9.17, 15) is 4.79 Å². The van der Waals surface area contributed by atoms with Gasteiger partial charge in [0.2, 0.25) is 0 Å². The van der Waals surface area contributed by atoms with Crippen LogP contribution in [0.4, 0.5) is 5.69 Å². The maximum Gasteiger partial charge on any atom is 0.275 e. The molecule has 0 saturated heterocycles. The maximum absolute atomic E-state index is 12.3. The number of H-pyrrole nitrogens is 1. The van der Waals surface area contributed by atoms with Crippen molar-refractivity contribution in [1.29, 1.82) is 0 Å². The molecule has 2 N–H and O–H groups in total. The Labute approximate surface area is 143 Å². The van der Waals surface area contributed by atoms with Gasteiger partial charge in [0.1, 0.15) is 10.7 Å². The van der Waals surface area contributed by atoms with Crippen LogP contribution in [0.25, 0.3) is 21.6 Å². The first-order valence-electron chi connectivity index (χ1n) is 7.61. The van der Waals surface area contributed by atoms with Crippen LogP contribution in [0, 0.1) is 6.92 Å². The number of aromatic nitrogens is 2. The van der Waals surface area contributed by atoms with E-state index < -0.39 is 0 Å². The molecule has 2 aromatic heterocycles. The lowest BCUT2D eigenvalue weighted by molar-refractivity contribution is 0.102. The zero-order chi connectivity index (χ0) is 16.5. The number of carbonyl (C=O) groups excluding carboxylic acids is 1. The molecule has 0 saturated carbocycles. The average Bonchev–Trinajstić information content (AvgIpc) is 3.23. The van der Waals surface area contributed by atoms with Crippen LogP contribution in [0.5, 0.6) is 0 Å². The van der Waals surface area contributed by atoms with Gasteiger partial charge < -0.3 is 10.3 Å². The molecule has 0 aliphatic heterocycles. The number of aryl methyl sites for hydroxylation is 1. The van der Waals surface area contributed by atoms with E-state index in [1.54, 1.807) is 5.38 Å². The molecule has 0 bridgehead atoms. The van der Waals surface area contributed by atoms with Crippen molar-refractivity contribution in [3.05, 3.63) is 71.2 Å². The van der Waals surface area contributed by atoms with Gasteiger partial charge >= 0.3 is 0 Å². The van der Waals surface area contributed by atoms with Crippen LogP contribution in [-0.2, 0) is 0 Å². The summed E-state index contributed by atoms with van der Waals surface area (Å²) in [6.45, 7) is 2.01. The van der Waals surface area contributed by atoms with Gasteiger partial charge in [-0.25, -0.2) is 4.98 Å². The summed E-state index contributed by atoms with van der Waals surface area (Å²) in [5, 5.41) is 6.59. The fraction of sp³-hybridized carbons (Fsp3) is 0.0526. The summed E-state index contributed by atoms with van der Waals surface area (Å²) < 4.78 is 0. The molecule has 0 fully saturated rings. The van der Waals surface area contributed by atoms with Crippen LogP contribution >= 0.6 is 11.3 Å². The highest BCUT2D eigenvalue weighted by Crippen LogP contribution is 2.27. The van der Waals surface area contributed by atoms with Crippen LogP contribution in [-0.4, -0.2) is 15.9 Å². The van der Waals surface area contributed by atoms with E-state index in [-0.39, 0.29) is 5.91 Å². The Morgan fingerprint density at radius 1 is 1.12 bits per heavy atom. The van der Waals surface area contributed by atoms with Crippen molar-refractivity contribution in [2.45, 2.75) is 6.92 Å². The number of nitrogens with zero attached hydrogens (tertiary/aromatic N) is 1. The largest absolute Gasteiger partial charge is 0.353 e. The van der Waals surface area contributed by atoms with Crippen LogP contribution < -0.4 is 5.32 Å². The van der Waals surface area contributed by atoms with Crippen LogP contribution in [0.1, 0.15) is 16.1 Å². The van der Waals surface area contributed by atoms with Crippen LogP contribution in [0.15, 0.2) is 60.0 Å². The molecular weight excluding hydrogens is 318 g/mol. The summed E-state index contributed by atoms with van der Waals surface area (Å²) in [6.07, 6.45) is 0. The Bertz CT molecular complexity index is 981. The number of thiazole rings is 1. The fourth-order valence-electron chi connectivity index (χ4n) is 2.52. The standard InChI is InChI=1S/C19H15N3OS/c1-12-6-8-14(9-7-12)20-18(23)17-11-24-19(22-17)16-10-13-4-2-3-5-15(13)21-16/h2-11,21H,1H3,(H,20,23). The highest BCUT2D eigenvalue weighted by Gasteiger charge is 2.13. The number of nitrogens with one attached hydrogen (secondary N) is 2. The van der Waals surface area contributed by atoms with Crippen LogP contribution in [0.2, 0.25) is 0 Å². The highest BCUT2D eigenvalue weighted by atomic mass is 32.1. The van der Waals surface area contributed by atoms with Crippen molar-refractivity contribution in [2.24, 2.45) is 0 Å². The maximum atomic E-state index is 12.3. The van der Waals surface area contributed by atoms with Gasteiger partial charge in [0.25, 0.3) is 5.91 Å². The van der Waals surface area contributed by atoms with Crippen molar-refractivity contribution in [3.63, 3.8) is 0 Å². The molecule has 24 heavy (non-hydrogen) atoms. The van der Waals surface area contributed by atoms with Gasteiger partial charge in [-0.3, -0.25) is 4.79 Å². The zero-order valence-electron chi connectivity index (χ0n) is 13.0. The lowest BCUT2D eigenvalue weighted by atomic mass is 10.2. The van der Waals surface area contributed by atoms with Gasteiger partial charge in [-0.1, -0.05) is 35.9 Å². The monoisotopic (exact) mass is 333 g/mol. The minimum atomic E-state index is -0.197. The van der Waals surface area contributed by atoms with E-state index in [0.717, 1.165) is 32.9 Å². The van der Waals surface area contributed by atoms with E-state index in [1.807, 2.05) is 55.5 Å². The molecule has 4 nitrogen and oxygen atoms in total. The Morgan fingerprint density at radius 2 is 1.92 bits per heavy atom. The third-order valence-electron chi connectivity index (χ3n) is 3.81. The van der Waals surface area contributed by atoms with Crippen molar-refractivity contribution in [1.82, 2.24) is 9.97 Å². The quantitative estimate of drug-likeness (QED) is 0.563. The molecule has 0 atom stereocenters. The predicted octanol–water partition coefficient (Wildman–Crippen LogP) is 4.85. The van der Waals surface area contributed by atoms with Crippen molar-refractivity contribution in [2.75, 3.05) is 5.32 Å². The number of amides is 1. The summed E-state index contributed by atoms with van der Waals surface area (Å²) in [5.74, 6) is -0.197. The Hall–Kier alpha value is -2.92. The van der Waals surface area contributed by atoms with Gasteiger partial charge in [0.05, 0.1) is 5.69 Å². The van der Waals surface area contributed by atoms with Crippen molar-refractivity contribution >= 4 is 33.8 Å². The van der Waals surface area contributed by atoms with Crippen molar-refractivity contribution < 1.29 is 4.79 Å². The second kappa shape index (κ2) is 5.94. The van der Waals surface area contributed by atoms with Gasteiger partial charge in [0.15, 0.2) is 0 Å². The zero-order valence-corrected chi connectivity index (χ0v) is 13.9. The second-order valence-corrected chi connectivity index (χ2v) is 6.49. The Balaban J connectivity index is 1.57.